The van der Waals surface area contributed by atoms with Crippen molar-refractivity contribution in [3.05, 3.63) is 65.3 Å². The fraction of sp³-hybridized carbons (Fsp3) is 0.167. The number of rotatable bonds is 7. The van der Waals surface area contributed by atoms with E-state index in [0.29, 0.717) is 22.5 Å². The fourth-order valence-electron chi connectivity index (χ4n) is 2.29. The summed E-state index contributed by atoms with van der Waals surface area (Å²) in [6, 6.07) is 15.7. The Balaban J connectivity index is 1.60. The van der Waals surface area contributed by atoms with Crippen molar-refractivity contribution in [1.82, 2.24) is 15.2 Å². The average Bonchev–Trinajstić information content (AvgIpc) is 2.63. The summed E-state index contributed by atoms with van der Waals surface area (Å²) in [6.45, 7) is 0.726. The SMILES string of the molecule is COc1ccc(Nc2cnnc(NCCc3ccccc3)n2)cc1Cl. The Labute approximate surface area is 151 Å². The molecule has 0 bridgehead atoms. The molecule has 0 atom stereocenters. The van der Waals surface area contributed by atoms with Crippen LogP contribution in [0, 0.1) is 0 Å². The van der Waals surface area contributed by atoms with E-state index in [4.69, 9.17) is 16.3 Å². The second-order valence-corrected chi connectivity index (χ2v) is 5.71. The van der Waals surface area contributed by atoms with Crippen molar-refractivity contribution in [2.75, 3.05) is 24.3 Å². The van der Waals surface area contributed by atoms with Crippen molar-refractivity contribution in [3.63, 3.8) is 0 Å². The summed E-state index contributed by atoms with van der Waals surface area (Å²) >= 11 is 6.13. The Kier molecular flexibility index (Phi) is 5.64. The summed E-state index contributed by atoms with van der Waals surface area (Å²) in [4.78, 5) is 4.40. The highest BCUT2D eigenvalue weighted by Gasteiger charge is 2.04. The molecule has 0 saturated heterocycles. The standard InChI is InChI=1S/C18H18ClN5O/c1-25-16-8-7-14(11-15(16)19)22-17-12-21-24-18(23-17)20-10-9-13-5-3-2-4-6-13/h2-8,11-12H,9-10H2,1H3,(H2,20,22,23,24). The van der Waals surface area contributed by atoms with Crippen molar-refractivity contribution >= 4 is 29.1 Å². The molecule has 0 amide bonds. The first kappa shape index (κ1) is 17.0. The zero-order valence-electron chi connectivity index (χ0n) is 13.7. The highest BCUT2D eigenvalue weighted by atomic mass is 35.5. The molecular formula is C18H18ClN5O. The van der Waals surface area contributed by atoms with Crippen LogP contribution in [0.2, 0.25) is 5.02 Å². The van der Waals surface area contributed by atoms with Gasteiger partial charge in [-0.25, -0.2) is 0 Å². The van der Waals surface area contributed by atoms with E-state index in [-0.39, 0.29) is 0 Å². The molecule has 2 N–H and O–H groups in total. The van der Waals surface area contributed by atoms with Crippen molar-refractivity contribution in [2.45, 2.75) is 6.42 Å². The van der Waals surface area contributed by atoms with Crippen molar-refractivity contribution in [2.24, 2.45) is 0 Å². The van der Waals surface area contributed by atoms with Crippen LogP contribution >= 0.6 is 11.6 Å². The maximum atomic E-state index is 6.13. The van der Waals surface area contributed by atoms with E-state index in [2.05, 4.69) is 37.9 Å². The summed E-state index contributed by atoms with van der Waals surface area (Å²) in [7, 11) is 1.58. The van der Waals surface area contributed by atoms with Crippen LogP contribution in [0.25, 0.3) is 0 Å². The first-order valence-corrected chi connectivity index (χ1v) is 8.20. The third-order valence-electron chi connectivity index (χ3n) is 3.52. The van der Waals surface area contributed by atoms with Crippen molar-refractivity contribution in [3.8, 4) is 5.75 Å². The molecule has 3 aromatic rings. The number of aromatic nitrogens is 3. The van der Waals surface area contributed by atoms with Gasteiger partial charge in [0.05, 0.1) is 18.3 Å². The quantitative estimate of drug-likeness (QED) is 0.669. The van der Waals surface area contributed by atoms with E-state index in [0.717, 1.165) is 18.7 Å². The predicted molar refractivity (Wildman–Crippen MR) is 99.7 cm³/mol. The van der Waals surface area contributed by atoms with Gasteiger partial charge in [0.2, 0.25) is 5.95 Å². The minimum absolute atomic E-state index is 0.473. The van der Waals surface area contributed by atoms with Crippen LogP contribution < -0.4 is 15.4 Å². The number of benzene rings is 2. The molecule has 0 saturated carbocycles. The average molecular weight is 356 g/mol. The summed E-state index contributed by atoms with van der Waals surface area (Å²) in [5, 5.41) is 14.8. The fourth-order valence-corrected chi connectivity index (χ4v) is 2.55. The summed E-state index contributed by atoms with van der Waals surface area (Å²) in [6.07, 6.45) is 2.44. The molecule has 0 aliphatic heterocycles. The lowest BCUT2D eigenvalue weighted by molar-refractivity contribution is 0.415. The topological polar surface area (TPSA) is 72.0 Å². The third kappa shape index (κ3) is 4.81. The first-order chi connectivity index (χ1) is 12.2. The number of nitrogens with one attached hydrogen (secondary N) is 2. The molecule has 3 rings (SSSR count). The number of hydrogen-bond donors (Lipinski definition) is 2. The zero-order valence-corrected chi connectivity index (χ0v) is 14.5. The normalized spacial score (nSPS) is 10.3. The first-order valence-electron chi connectivity index (χ1n) is 7.82. The van der Waals surface area contributed by atoms with Gasteiger partial charge in [0, 0.05) is 12.2 Å². The van der Waals surface area contributed by atoms with Gasteiger partial charge in [-0.15, -0.1) is 5.10 Å². The van der Waals surface area contributed by atoms with Gasteiger partial charge in [0.1, 0.15) is 5.75 Å². The molecule has 6 nitrogen and oxygen atoms in total. The number of ether oxygens (including phenoxy) is 1. The Morgan fingerprint density at radius 1 is 1.12 bits per heavy atom. The van der Waals surface area contributed by atoms with Crippen molar-refractivity contribution < 1.29 is 4.74 Å². The molecule has 0 aliphatic carbocycles. The molecule has 2 aromatic carbocycles. The second kappa shape index (κ2) is 8.30. The third-order valence-corrected chi connectivity index (χ3v) is 3.82. The molecule has 1 aromatic heterocycles. The number of anilines is 3. The second-order valence-electron chi connectivity index (χ2n) is 5.30. The molecular weight excluding hydrogens is 338 g/mol. The maximum Gasteiger partial charge on any atom is 0.244 e. The highest BCUT2D eigenvalue weighted by Crippen LogP contribution is 2.28. The van der Waals surface area contributed by atoms with Crippen LogP contribution in [0.4, 0.5) is 17.5 Å². The molecule has 0 spiro atoms. The van der Waals surface area contributed by atoms with Gasteiger partial charge in [-0.05, 0) is 30.2 Å². The molecule has 0 fully saturated rings. The zero-order chi connectivity index (χ0) is 17.5. The van der Waals surface area contributed by atoms with Gasteiger partial charge in [0.25, 0.3) is 0 Å². The van der Waals surface area contributed by atoms with Gasteiger partial charge >= 0.3 is 0 Å². The van der Waals surface area contributed by atoms with E-state index < -0.39 is 0 Å². The monoisotopic (exact) mass is 355 g/mol. The van der Waals surface area contributed by atoms with Gasteiger partial charge < -0.3 is 15.4 Å². The molecule has 0 unspecified atom stereocenters. The number of nitrogens with zero attached hydrogens (tertiary/aromatic N) is 3. The van der Waals surface area contributed by atoms with Gasteiger partial charge in [-0.2, -0.15) is 10.1 Å². The van der Waals surface area contributed by atoms with Crippen LogP contribution in [-0.2, 0) is 6.42 Å². The molecule has 25 heavy (non-hydrogen) atoms. The predicted octanol–water partition coefficient (Wildman–Crippen LogP) is 3.93. The number of hydrogen-bond acceptors (Lipinski definition) is 6. The van der Waals surface area contributed by atoms with E-state index in [1.807, 2.05) is 24.3 Å². The van der Waals surface area contributed by atoms with E-state index in [9.17, 15) is 0 Å². The summed E-state index contributed by atoms with van der Waals surface area (Å²) < 4.78 is 5.14. The molecule has 7 heteroatoms. The van der Waals surface area contributed by atoms with Crippen LogP contribution in [0.15, 0.2) is 54.7 Å². The Morgan fingerprint density at radius 2 is 1.96 bits per heavy atom. The summed E-state index contributed by atoms with van der Waals surface area (Å²) in [5.74, 6) is 1.68. The van der Waals surface area contributed by atoms with E-state index >= 15 is 0 Å². The van der Waals surface area contributed by atoms with E-state index in [1.54, 1.807) is 25.4 Å². The van der Waals surface area contributed by atoms with Crippen molar-refractivity contribution in [1.29, 1.82) is 0 Å². The minimum atomic E-state index is 0.473. The number of halogens is 1. The summed E-state index contributed by atoms with van der Waals surface area (Å²) in [5.41, 5.74) is 2.05. The lowest BCUT2D eigenvalue weighted by Crippen LogP contribution is -2.09. The lowest BCUT2D eigenvalue weighted by Gasteiger charge is -2.09. The molecule has 0 aliphatic rings. The Bertz CT molecular complexity index is 829. The lowest BCUT2D eigenvalue weighted by atomic mass is 10.1. The Hall–Kier alpha value is -2.86. The van der Waals surface area contributed by atoms with Crippen LogP contribution in [0.3, 0.4) is 0 Å². The Morgan fingerprint density at radius 3 is 2.72 bits per heavy atom. The highest BCUT2D eigenvalue weighted by molar-refractivity contribution is 6.32. The van der Waals surface area contributed by atoms with Gasteiger partial charge in [-0.1, -0.05) is 41.9 Å². The largest absolute Gasteiger partial charge is 0.495 e. The number of methoxy groups -OCH3 is 1. The molecule has 1 heterocycles. The van der Waals surface area contributed by atoms with Crippen LogP contribution in [0.1, 0.15) is 5.56 Å². The maximum absolute atomic E-state index is 6.13. The van der Waals surface area contributed by atoms with Crippen LogP contribution in [-0.4, -0.2) is 28.8 Å². The molecule has 128 valence electrons. The smallest absolute Gasteiger partial charge is 0.244 e. The van der Waals surface area contributed by atoms with Gasteiger partial charge in [-0.3, -0.25) is 0 Å². The van der Waals surface area contributed by atoms with E-state index in [1.165, 1.54) is 5.56 Å². The minimum Gasteiger partial charge on any atom is -0.495 e. The van der Waals surface area contributed by atoms with Gasteiger partial charge in [0.15, 0.2) is 5.82 Å². The molecule has 0 radical (unpaired) electrons. The van der Waals surface area contributed by atoms with Crippen LogP contribution in [0.5, 0.6) is 5.75 Å².